The van der Waals surface area contributed by atoms with Crippen LogP contribution < -0.4 is 10.1 Å². The van der Waals surface area contributed by atoms with E-state index in [4.69, 9.17) is 9.47 Å². The maximum atomic E-state index is 12.0. The van der Waals surface area contributed by atoms with Gasteiger partial charge in [-0.05, 0) is 47.9 Å². The normalized spacial score (nSPS) is 10.4. The molecule has 0 aliphatic heterocycles. The van der Waals surface area contributed by atoms with Crippen molar-refractivity contribution in [3.05, 3.63) is 71.8 Å². The van der Waals surface area contributed by atoms with Gasteiger partial charge < -0.3 is 14.8 Å². The van der Waals surface area contributed by atoms with Crippen LogP contribution in [0.25, 0.3) is 10.8 Å². The number of fused-ring (bicyclic) bond motifs is 1. The first-order chi connectivity index (χ1) is 13.0. The molecule has 0 fully saturated rings. The van der Waals surface area contributed by atoms with Crippen molar-refractivity contribution in [1.82, 2.24) is 0 Å². The number of carbonyl (C=O) groups is 2. The highest BCUT2D eigenvalue weighted by Crippen LogP contribution is 2.22. The molecule has 138 valence electrons. The van der Waals surface area contributed by atoms with E-state index < -0.39 is 11.9 Å². The van der Waals surface area contributed by atoms with Gasteiger partial charge in [-0.15, -0.1) is 0 Å². The summed E-state index contributed by atoms with van der Waals surface area (Å²) in [5, 5.41) is 4.84. The van der Waals surface area contributed by atoms with Crippen molar-refractivity contribution in [3.63, 3.8) is 0 Å². The molecule has 1 amide bonds. The van der Waals surface area contributed by atoms with Crippen molar-refractivity contribution in [3.8, 4) is 5.75 Å². The van der Waals surface area contributed by atoms with Crippen LogP contribution in [-0.2, 0) is 14.3 Å². The van der Waals surface area contributed by atoms with E-state index >= 15 is 0 Å². The molecule has 0 heterocycles. The van der Waals surface area contributed by atoms with Crippen molar-refractivity contribution >= 4 is 28.3 Å². The topological polar surface area (TPSA) is 64.6 Å². The lowest BCUT2D eigenvalue weighted by molar-refractivity contribution is -0.149. The second kappa shape index (κ2) is 8.36. The molecule has 3 aromatic carbocycles. The summed E-state index contributed by atoms with van der Waals surface area (Å²) in [5.41, 5.74) is 2.54. The maximum Gasteiger partial charge on any atom is 0.344 e. The minimum atomic E-state index is -0.591. The third-order valence-electron chi connectivity index (χ3n) is 4.14. The molecule has 0 saturated heterocycles. The van der Waals surface area contributed by atoms with Crippen LogP contribution >= 0.6 is 0 Å². The van der Waals surface area contributed by atoms with Crippen LogP contribution in [0.5, 0.6) is 5.75 Å². The van der Waals surface area contributed by atoms with E-state index in [1.165, 1.54) is 0 Å². The molecule has 5 heteroatoms. The fraction of sp³-hybridized carbons (Fsp3) is 0.182. The van der Waals surface area contributed by atoms with E-state index in [9.17, 15) is 9.59 Å². The number of anilines is 1. The summed E-state index contributed by atoms with van der Waals surface area (Å²) in [7, 11) is 0. The zero-order valence-electron chi connectivity index (χ0n) is 15.3. The van der Waals surface area contributed by atoms with Gasteiger partial charge in [0.05, 0.1) is 0 Å². The van der Waals surface area contributed by atoms with Gasteiger partial charge in [0.15, 0.2) is 13.2 Å². The second-order valence-electron chi connectivity index (χ2n) is 6.28. The zero-order chi connectivity index (χ0) is 19.2. The molecule has 0 spiro atoms. The number of esters is 1. The van der Waals surface area contributed by atoms with Gasteiger partial charge in [0.1, 0.15) is 5.75 Å². The standard InChI is InChI=1S/C22H21NO4/c1-15-6-5-7-16(2)22(15)27-14-21(25)26-13-20(24)23-19-11-10-17-8-3-4-9-18(17)12-19/h3-12H,13-14H2,1-2H3,(H,23,24). The van der Waals surface area contributed by atoms with Gasteiger partial charge in [-0.3, -0.25) is 4.79 Å². The molecule has 3 rings (SSSR count). The van der Waals surface area contributed by atoms with Crippen LogP contribution in [0.4, 0.5) is 5.69 Å². The molecule has 27 heavy (non-hydrogen) atoms. The van der Waals surface area contributed by atoms with E-state index in [-0.39, 0.29) is 13.2 Å². The summed E-state index contributed by atoms with van der Waals surface area (Å²) in [4.78, 5) is 23.8. The number of amides is 1. The summed E-state index contributed by atoms with van der Waals surface area (Å²) in [5.74, 6) is -0.327. The number of para-hydroxylation sites is 1. The smallest absolute Gasteiger partial charge is 0.344 e. The third kappa shape index (κ3) is 4.85. The minimum absolute atomic E-state index is 0.241. The number of ether oxygens (including phenoxy) is 2. The number of carbonyl (C=O) groups excluding carboxylic acids is 2. The number of nitrogens with one attached hydrogen (secondary N) is 1. The average Bonchev–Trinajstić information content (AvgIpc) is 2.66. The Balaban J connectivity index is 1.48. The van der Waals surface area contributed by atoms with Gasteiger partial charge in [-0.2, -0.15) is 0 Å². The molecule has 0 aliphatic carbocycles. The lowest BCUT2D eigenvalue weighted by Crippen LogP contribution is -2.23. The van der Waals surface area contributed by atoms with Crippen molar-refractivity contribution in [2.75, 3.05) is 18.5 Å². The Morgan fingerprint density at radius 2 is 1.56 bits per heavy atom. The lowest BCUT2D eigenvalue weighted by atomic mass is 10.1. The molecule has 0 aliphatic rings. The molecule has 0 aromatic heterocycles. The quantitative estimate of drug-likeness (QED) is 0.672. The lowest BCUT2D eigenvalue weighted by Gasteiger charge is -2.11. The highest BCUT2D eigenvalue weighted by Gasteiger charge is 2.11. The highest BCUT2D eigenvalue weighted by atomic mass is 16.6. The van der Waals surface area contributed by atoms with Gasteiger partial charge in [0, 0.05) is 5.69 Å². The number of rotatable bonds is 6. The zero-order valence-corrected chi connectivity index (χ0v) is 15.3. The number of benzene rings is 3. The predicted octanol–water partition coefficient (Wildman–Crippen LogP) is 4.02. The summed E-state index contributed by atoms with van der Waals surface area (Å²) in [6.45, 7) is 3.21. The molecule has 1 N–H and O–H groups in total. The van der Waals surface area contributed by atoms with Crippen LogP contribution in [0.2, 0.25) is 0 Å². The van der Waals surface area contributed by atoms with E-state index in [0.717, 1.165) is 21.9 Å². The van der Waals surface area contributed by atoms with Gasteiger partial charge >= 0.3 is 5.97 Å². The van der Waals surface area contributed by atoms with E-state index in [0.29, 0.717) is 11.4 Å². The maximum absolute atomic E-state index is 12.0. The van der Waals surface area contributed by atoms with E-state index in [1.807, 2.05) is 74.5 Å². The number of hydrogen-bond acceptors (Lipinski definition) is 4. The molecule has 3 aromatic rings. The molecular weight excluding hydrogens is 342 g/mol. The number of hydrogen-bond donors (Lipinski definition) is 1. The largest absolute Gasteiger partial charge is 0.481 e. The average molecular weight is 363 g/mol. The Labute approximate surface area is 157 Å². The summed E-state index contributed by atoms with van der Waals surface area (Å²) < 4.78 is 10.5. The Hall–Kier alpha value is -3.34. The summed E-state index contributed by atoms with van der Waals surface area (Å²) >= 11 is 0. The van der Waals surface area contributed by atoms with Crippen molar-refractivity contribution in [2.45, 2.75) is 13.8 Å². The van der Waals surface area contributed by atoms with Gasteiger partial charge in [-0.1, -0.05) is 48.5 Å². The summed E-state index contributed by atoms with van der Waals surface area (Å²) in [6, 6.07) is 19.2. The Morgan fingerprint density at radius 1 is 0.852 bits per heavy atom. The number of aryl methyl sites for hydroxylation is 2. The van der Waals surface area contributed by atoms with Gasteiger partial charge in [0.25, 0.3) is 5.91 Å². The monoisotopic (exact) mass is 363 g/mol. The summed E-state index contributed by atoms with van der Waals surface area (Å²) in [6.07, 6.45) is 0. The van der Waals surface area contributed by atoms with Crippen LogP contribution in [-0.4, -0.2) is 25.1 Å². The van der Waals surface area contributed by atoms with E-state index in [2.05, 4.69) is 5.32 Å². The molecule has 0 saturated carbocycles. The van der Waals surface area contributed by atoms with Crippen molar-refractivity contribution in [2.24, 2.45) is 0 Å². The van der Waals surface area contributed by atoms with Gasteiger partial charge in [-0.25, -0.2) is 4.79 Å². The van der Waals surface area contributed by atoms with Crippen LogP contribution in [0, 0.1) is 13.8 Å². The minimum Gasteiger partial charge on any atom is -0.481 e. The Kier molecular flexibility index (Phi) is 5.71. The fourth-order valence-electron chi connectivity index (χ4n) is 2.81. The van der Waals surface area contributed by atoms with Crippen molar-refractivity contribution < 1.29 is 19.1 Å². The Bertz CT molecular complexity index is 961. The van der Waals surface area contributed by atoms with Crippen LogP contribution in [0.3, 0.4) is 0 Å². The predicted molar refractivity (Wildman–Crippen MR) is 105 cm³/mol. The third-order valence-corrected chi connectivity index (χ3v) is 4.14. The first-order valence-electron chi connectivity index (χ1n) is 8.66. The molecule has 0 atom stereocenters. The molecule has 5 nitrogen and oxygen atoms in total. The van der Waals surface area contributed by atoms with Crippen LogP contribution in [0.15, 0.2) is 60.7 Å². The van der Waals surface area contributed by atoms with E-state index in [1.54, 1.807) is 0 Å². The van der Waals surface area contributed by atoms with Crippen molar-refractivity contribution in [1.29, 1.82) is 0 Å². The highest BCUT2D eigenvalue weighted by molar-refractivity contribution is 5.95. The first-order valence-corrected chi connectivity index (χ1v) is 8.66. The molecular formula is C22H21NO4. The molecule has 0 radical (unpaired) electrons. The Morgan fingerprint density at radius 3 is 2.30 bits per heavy atom. The SMILES string of the molecule is Cc1cccc(C)c1OCC(=O)OCC(=O)Nc1ccc2ccccc2c1. The first kappa shape index (κ1) is 18.5. The van der Waals surface area contributed by atoms with Crippen LogP contribution in [0.1, 0.15) is 11.1 Å². The van der Waals surface area contributed by atoms with Gasteiger partial charge in [0.2, 0.25) is 0 Å². The molecule has 0 bridgehead atoms. The fourth-order valence-corrected chi connectivity index (χ4v) is 2.81. The second-order valence-corrected chi connectivity index (χ2v) is 6.28. The molecule has 0 unspecified atom stereocenters.